The van der Waals surface area contributed by atoms with Crippen molar-refractivity contribution in [1.29, 1.82) is 0 Å². The minimum atomic E-state index is -0.579. The molecule has 2 rings (SSSR count). The van der Waals surface area contributed by atoms with E-state index in [1.807, 2.05) is 0 Å². The highest BCUT2D eigenvalue weighted by Crippen LogP contribution is 2.40. The van der Waals surface area contributed by atoms with Crippen LogP contribution in [0.1, 0.15) is 24.3 Å². The van der Waals surface area contributed by atoms with Crippen LogP contribution in [-0.4, -0.2) is 25.3 Å². The predicted octanol–water partition coefficient (Wildman–Crippen LogP) is 2.77. The van der Waals surface area contributed by atoms with Crippen molar-refractivity contribution in [3.05, 3.63) is 21.9 Å². The van der Waals surface area contributed by atoms with Gasteiger partial charge < -0.3 is 15.2 Å². The average molecular weight is 304 g/mol. The molecule has 5 heteroatoms. The van der Waals surface area contributed by atoms with E-state index in [2.05, 4.69) is 21.2 Å². The lowest BCUT2D eigenvalue weighted by Crippen LogP contribution is -2.29. The van der Waals surface area contributed by atoms with Crippen LogP contribution in [0.2, 0.25) is 0 Å². The van der Waals surface area contributed by atoms with Gasteiger partial charge >= 0.3 is 0 Å². The van der Waals surface area contributed by atoms with Gasteiger partial charge in [0, 0.05) is 22.5 Å². The molecule has 0 spiro atoms. The zero-order chi connectivity index (χ0) is 12.4. The van der Waals surface area contributed by atoms with Crippen LogP contribution in [0.3, 0.4) is 0 Å². The van der Waals surface area contributed by atoms with Gasteiger partial charge in [0.25, 0.3) is 0 Å². The summed E-state index contributed by atoms with van der Waals surface area (Å²) in [7, 11) is 1.41. The van der Waals surface area contributed by atoms with E-state index in [1.165, 1.54) is 7.11 Å². The Morgan fingerprint density at radius 3 is 2.94 bits per heavy atom. The van der Waals surface area contributed by atoms with Crippen molar-refractivity contribution in [3.8, 4) is 11.5 Å². The lowest BCUT2D eigenvalue weighted by molar-refractivity contribution is 0.350. The third kappa shape index (κ3) is 2.40. The van der Waals surface area contributed by atoms with Crippen LogP contribution in [0.15, 0.2) is 10.5 Å². The van der Waals surface area contributed by atoms with E-state index >= 15 is 0 Å². The molecule has 1 aliphatic heterocycles. The number of aromatic hydroxyl groups is 1. The molecular weight excluding hydrogens is 289 g/mol. The summed E-state index contributed by atoms with van der Waals surface area (Å²) in [5, 5.41) is 12.9. The molecule has 17 heavy (non-hydrogen) atoms. The minimum absolute atomic E-state index is 0.0925. The zero-order valence-corrected chi connectivity index (χ0v) is 11.2. The van der Waals surface area contributed by atoms with Crippen LogP contribution in [0.25, 0.3) is 0 Å². The molecule has 1 unspecified atom stereocenters. The predicted molar refractivity (Wildman–Crippen MR) is 67.2 cm³/mol. The van der Waals surface area contributed by atoms with Gasteiger partial charge in [-0.25, -0.2) is 4.39 Å². The molecule has 1 aliphatic rings. The number of phenols is 1. The largest absolute Gasteiger partial charge is 0.502 e. The van der Waals surface area contributed by atoms with Crippen molar-refractivity contribution in [2.24, 2.45) is 0 Å². The number of methoxy groups -OCH3 is 1. The van der Waals surface area contributed by atoms with Crippen molar-refractivity contribution in [3.63, 3.8) is 0 Å². The highest BCUT2D eigenvalue weighted by atomic mass is 79.9. The lowest BCUT2D eigenvalue weighted by atomic mass is 9.91. The molecule has 1 atom stereocenters. The number of rotatable bonds is 2. The van der Waals surface area contributed by atoms with Crippen molar-refractivity contribution in [1.82, 2.24) is 5.32 Å². The first kappa shape index (κ1) is 12.6. The van der Waals surface area contributed by atoms with Gasteiger partial charge in [-0.1, -0.05) is 15.9 Å². The summed E-state index contributed by atoms with van der Waals surface area (Å²) >= 11 is 3.35. The molecule has 1 saturated heterocycles. The van der Waals surface area contributed by atoms with Crippen LogP contribution >= 0.6 is 15.9 Å². The Balaban J connectivity index is 2.42. The molecular formula is C12H15BrFNO2. The molecule has 0 amide bonds. The van der Waals surface area contributed by atoms with Crippen molar-refractivity contribution >= 4 is 15.9 Å². The van der Waals surface area contributed by atoms with Gasteiger partial charge in [0.2, 0.25) is 0 Å². The van der Waals surface area contributed by atoms with E-state index in [0.29, 0.717) is 10.0 Å². The Morgan fingerprint density at radius 1 is 1.59 bits per heavy atom. The van der Waals surface area contributed by atoms with Crippen LogP contribution in [-0.2, 0) is 0 Å². The van der Waals surface area contributed by atoms with Gasteiger partial charge in [-0.2, -0.15) is 0 Å². The first-order valence-electron chi connectivity index (χ1n) is 5.60. The quantitative estimate of drug-likeness (QED) is 0.883. The molecule has 0 aromatic heterocycles. The summed E-state index contributed by atoms with van der Waals surface area (Å²) in [6, 6.07) is 1.61. The lowest BCUT2D eigenvalue weighted by Gasteiger charge is -2.25. The summed E-state index contributed by atoms with van der Waals surface area (Å²) in [4.78, 5) is 0. The summed E-state index contributed by atoms with van der Waals surface area (Å²) in [6.45, 7) is 1.71. The van der Waals surface area contributed by atoms with E-state index in [-0.39, 0.29) is 11.7 Å². The van der Waals surface area contributed by atoms with E-state index in [9.17, 15) is 9.50 Å². The Kier molecular flexibility index (Phi) is 3.89. The smallest absolute Gasteiger partial charge is 0.194 e. The normalized spacial score (nSPS) is 20.3. The fourth-order valence-electron chi connectivity index (χ4n) is 2.23. The van der Waals surface area contributed by atoms with Crippen LogP contribution in [0, 0.1) is 5.82 Å². The number of benzene rings is 1. The van der Waals surface area contributed by atoms with Crippen molar-refractivity contribution < 1.29 is 14.2 Å². The van der Waals surface area contributed by atoms with Gasteiger partial charge in [0.15, 0.2) is 17.3 Å². The first-order valence-corrected chi connectivity index (χ1v) is 6.40. The van der Waals surface area contributed by atoms with Gasteiger partial charge in [0.05, 0.1) is 7.11 Å². The molecule has 2 N–H and O–H groups in total. The van der Waals surface area contributed by atoms with Crippen molar-refractivity contribution in [2.45, 2.75) is 18.8 Å². The second-order valence-electron chi connectivity index (χ2n) is 4.18. The Morgan fingerprint density at radius 2 is 2.35 bits per heavy atom. The number of nitrogens with one attached hydrogen (secondary N) is 1. The fraction of sp³-hybridized carbons (Fsp3) is 0.500. The molecule has 3 nitrogen and oxygen atoms in total. The molecule has 0 bridgehead atoms. The number of halogens is 2. The molecule has 1 fully saturated rings. The summed E-state index contributed by atoms with van der Waals surface area (Å²) in [5.74, 6) is -0.738. The molecule has 1 aromatic rings. The van der Waals surface area contributed by atoms with E-state index in [4.69, 9.17) is 4.74 Å². The maximum Gasteiger partial charge on any atom is 0.194 e. The van der Waals surface area contributed by atoms with Crippen molar-refractivity contribution in [2.75, 3.05) is 20.2 Å². The number of hydrogen-bond acceptors (Lipinski definition) is 3. The molecule has 0 aliphatic carbocycles. The minimum Gasteiger partial charge on any atom is -0.502 e. The van der Waals surface area contributed by atoms with Crippen LogP contribution < -0.4 is 10.1 Å². The summed E-state index contributed by atoms with van der Waals surface area (Å²) in [5.41, 5.74) is 0.538. The average Bonchev–Trinajstić information content (AvgIpc) is 2.35. The molecule has 0 radical (unpaired) electrons. The maximum atomic E-state index is 14.1. The molecule has 0 saturated carbocycles. The number of ether oxygens (including phenoxy) is 1. The van der Waals surface area contributed by atoms with E-state index in [0.717, 1.165) is 25.9 Å². The molecule has 94 valence electrons. The number of hydrogen-bond donors (Lipinski definition) is 2. The van der Waals surface area contributed by atoms with Gasteiger partial charge in [-0.15, -0.1) is 0 Å². The van der Waals surface area contributed by atoms with Gasteiger partial charge in [0.1, 0.15) is 0 Å². The van der Waals surface area contributed by atoms with E-state index in [1.54, 1.807) is 6.07 Å². The zero-order valence-electron chi connectivity index (χ0n) is 9.59. The van der Waals surface area contributed by atoms with Gasteiger partial charge in [-0.05, 0) is 25.5 Å². The Hall–Kier alpha value is -0.810. The van der Waals surface area contributed by atoms with Crippen LogP contribution in [0.4, 0.5) is 4.39 Å². The highest BCUT2D eigenvalue weighted by molar-refractivity contribution is 9.10. The third-order valence-electron chi connectivity index (χ3n) is 3.12. The topological polar surface area (TPSA) is 41.5 Å². The molecule has 1 heterocycles. The Bertz CT molecular complexity index is 419. The van der Waals surface area contributed by atoms with Crippen LogP contribution in [0.5, 0.6) is 11.5 Å². The second-order valence-corrected chi connectivity index (χ2v) is 5.03. The highest BCUT2D eigenvalue weighted by Gasteiger charge is 2.25. The maximum absolute atomic E-state index is 14.1. The summed E-state index contributed by atoms with van der Waals surface area (Å²) in [6.07, 6.45) is 1.94. The van der Waals surface area contributed by atoms with Gasteiger partial charge in [-0.3, -0.25) is 0 Å². The number of phenolic OH excluding ortho intramolecular Hbond substituents is 1. The fourth-order valence-corrected chi connectivity index (χ4v) is 2.94. The second kappa shape index (κ2) is 5.23. The monoisotopic (exact) mass is 303 g/mol. The Labute approximate surface area is 108 Å². The first-order chi connectivity index (χ1) is 8.15. The third-order valence-corrected chi connectivity index (χ3v) is 3.77. The summed E-state index contributed by atoms with van der Waals surface area (Å²) < 4.78 is 19.7. The standard InChI is InChI=1S/C12H15BrFNO2/c1-17-9-5-8(13)10(11(14)12(9)16)7-3-2-4-15-6-7/h5,7,15-16H,2-4,6H2,1H3. The van der Waals surface area contributed by atoms with E-state index < -0.39 is 11.6 Å². The molecule has 1 aromatic carbocycles. The number of piperidine rings is 1. The SMILES string of the molecule is COc1cc(Br)c(C2CCCNC2)c(F)c1O.